The molecule has 1 saturated heterocycles. The number of ketones is 1. The van der Waals surface area contributed by atoms with Crippen LogP contribution in [-0.4, -0.2) is 35.8 Å². The second-order valence-electron chi connectivity index (χ2n) is 6.50. The monoisotopic (exact) mass is 337 g/mol. The van der Waals surface area contributed by atoms with E-state index >= 15 is 0 Å². The van der Waals surface area contributed by atoms with Crippen LogP contribution in [-0.2, 0) is 14.3 Å². The molecule has 2 aromatic carbocycles. The third-order valence-electron chi connectivity index (χ3n) is 4.46. The number of likely N-dealkylation sites (tertiary alicyclic amines) is 1. The number of nitrogens with zero attached hydrogens (tertiary/aromatic N) is 1. The highest BCUT2D eigenvalue weighted by Gasteiger charge is 2.32. The van der Waals surface area contributed by atoms with Crippen LogP contribution in [0.1, 0.15) is 36.9 Å². The zero-order valence-electron chi connectivity index (χ0n) is 14.4. The first-order valence-corrected chi connectivity index (χ1v) is 8.66. The summed E-state index contributed by atoms with van der Waals surface area (Å²) >= 11 is 0. The zero-order valence-corrected chi connectivity index (χ0v) is 14.4. The Morgan fingerprint density at radius 1 is 1.04 bits per heavy atom. The SMILES string of the molecule is CC(=O)CC(=O)OC1CCN(C(c2ccccc2)c2ccccc2)C1. The Balaban J connectivity index is 1.75. The number of carbonyl (C=O) groups excluding carboxylic acids is 2. The van der Waals surface area contributed by atoms with E-state index in [0.29, 0.717) is 6.54 Å². The highest BCUT2D eigenvalue weighted by Crippen LogP contribution is 2.32. The summed E-state index contributed by atoms with van der Waals surface area (Å²) in [5.41, 5.74) is 2.45. The lowest BCUT2D eigenvalue weighted by Crippen LogP contribution is -2.30. The smallest absolute Gasteiger partial charge is 0.313 e. The van der Waals surface area contributed by atoms with Crippen LogP contribution in [0.25, 0.3) is 0 Å². The molecule has 0 saturated carbocycles. The maximum absolute atomic E-state index is 11.8. The minimum atomic E-state index is -0.421. The summed E-state index contributed by atoms with van der Waals surface area (Å²) in [7, 11) is 0. The van der Waals surface area contributed by atoms with Gasteiger partial charge in [-0.05, 0) is 24.5 Å². The zero-order chi connectivity index (χ0) is 17.6. The molecule has 1 aliphatic heterocycles. The maximum Gasteiger partial charge on any atom is 0.313 e. The molecule has 2 aromatic rings. The van der Waals surface area contributed by atoms with Crippen molar-refractivity contribution in [3.8, 4) is 0 Å². The van der Waals surface area contributed by atoms with Crippen molar-refractivity contribution in [3.05, 3.63) is 71.8 Å². The minimum absolute atomic E-state index is 0.138. The number of hydrogen-bond donors (Lipinski definition) is 0. The highest BCUT2D eigenvalue weighted by molar-refractivity contribution is 5.94. The standard InChI is InChI=1S/C21H23NO3/c1-16(23)14-20(24)25-19-12-13-22(15-19)21(17-8-4-2-5-9-17)18-10-6-3-7-11-18/h2-11,19,21H,12-15H2,1H3. The summed E-state index contributed by atoms with van der Waals surface area (Å²) in [6, 6.07) is 20.9. The molecule has 1 atom stereocenters. The molecule has 1 unspecified atom stereocenters. The van der Waals surface area contributed by atoms with Crippen molar-refractivity contribution in [1.82, 2.24) is 4.90 Å². The van der Waals surface area contributed by atoms with E-state index in [4.69, 9.17) is 4.74 Å². The molecule has 4 nitrogen and oxygen atoms in total. The fraction of sp³-hybridized carbons (Fsp3) is 0.333. The second kappa shape index (κ2) is 8.08. The molecule has 0 N–H and O–H groups in total. The molecule has 0 spiro atoms. The van der Waals surface area contributed by atoms with Gasteiger partial charge in [-0.2, -0.15) is 0 Å². The van der Waals surface area contributed by atoms with Gasteiger partial charge in [0.25, 0.3) is 0 Å². The quantitative estimate of drug-likeness (QED) is 0.599. The lowest BCUT2D eigenvalue weighted by molar-refractivity contribution is -0.150. The largest absolute Gasteiger partial charge is 0.461 e. The summed E-state index contributed by atoms with van der Waals surface area (Å²) in [5.74, 6) is -0.582. The molecular formula is C21H23NO3. The van der Waals surface area contributed by atoms with Gasteiger partial charge < -0.3 is 4.74 Å². The maximum atomic E-state index is 11.8. The van der Waals surface area contributed by atoms with Crippen LogP contribution in [0.5, 0.6) is 0 Å². The third kappa shape index (κ3) is 4.54. The second-order valence-corrected chi connectivity index (χ2v) is 6.50. The van der Waals surface area contributed by atoms with E-state index in [2.05, 4.69) is 29.2 Å². The van der Waals surface area contributed by atoms with Gasteiger partial charge >= 0.3 is 5.97 Å². The molecule has 1 aliphatic rings. The van der Waals surface area contributed by atoms with Crippen LogP contribution in [0, 0.1) is 0 Å². The molecular weight excluding hydrogens is 314 g/mol. The van der Waals surface area contributed by atoms with E-state index in [1.807, 2.05) is 36.4 Å². The highest BCUT2D eigenvalue weighted by atomic mass is 16.5. The lowest BCUT2D eigenvalue weighted by Gasteiger charge is -2.28. The molecule has 1 fully saturated rings. The summed E-state index contributed by atoms with van der Waals surface area (Å²) in [5, 5.41) is 0. The molecule has 4 heteroatoms. The van der Waals surface area contributed by atoms with Gasteiger partial charge in [0.15, 0.2) is 0 Å². The van der Waals surface area contributed by atoms with Gasteiger partial charge in [0, 0.05) is 13.1 Å². The van der Waals surface area contributed by atoms with Crippen molar-refractivity contribution in [1.29, 1.82) is 0 Å². The molecule has 0 aromatic heterocycles. The van der Waals surface area contributed by atoms with Crippen LogP contribution in [0.15, 0.2) is 60.7 Å². The van der Waals surface area contributed by atoms with E-state index in [1.54, 1.807) is 0 Å². The number of carbonyl (C=O) groups is 2. The van der Waals surface area contributed by atoms with E-state index in [1.165, 1.54) is 18.1 Å². The Labute approximate surface area is 148 Å². The number of benzene rings is 2. The van der Waals surface area contributed by atoms with Crippen molar-refractivity contribution < 1.29 is 14.3 Å². The van der Waals surface area contributed by atoms with Gasteiger partial charge in [-0.3, -0.25) is 14.5 Å². The average Bonchev–Trinajstić information content (AvgIpc) is 3.04. The Bertz CT molecular complexity index is 675. The predicted molar refractivity (Wildman–Crippen MR) is 96.1 cm³/mol. The van der Waals surface area contributed by atoms with Gasteiger partial charge in [0.1, 0.15) is 18.3 Å². The van der Waals surface area contributed by atoms with E-state index in [-0.39, 0.29) is 24.3 Å². The Morgan fingerprint density at radius 2 is 1.60 bits per heavy atom. The van der Waals surface area contributed by atoms with Crippen molar-refractivity contribution in [2.24, 2.45) is 0 Å². The first kappa shape index (κ1) is 17.4. The minimum Gasteiger partial charge on any atom is -0.461 e. The normalized spacial score (nSPS) is 17.6. The first-order chi connectivity index (χ1) is 12.1. The summed E-state index contributed by atoms with van der Waals surface area (Å²) < 4.78 is 5.47. The molecule has 3 rings (SSSR count). The van der Waals surface area contributed by atoms with Crippen LogP contribution >= 0.6 is 0 Å². The van der Waals surface area contributed by atoms with Gasteiger partial charge in [0.2, 0.25) is 0 Å². The van der Waals surface area contributed by atoms with Crippen LogP contribution in [0.2, 0.25) is 0 Å². The Hall–Kier alpha value is -2.46. The number of hydrogen-bond acceptors (Lipinski definition) is 4. The molecule has 0 radical (unpaired) electrons. The van der Waals surface area contributed by atoms with Crippen LogP contribution in [0.3, 0.4) is 0 Å². The average molecular weight is 337 g/mol. The fourth-order valence-corrected chi connectivity index (χ4v) is 3.40. The summed E-state index contributed by atoms with van der Waals surface area (Å²) in [4.78, 5) is 25.2. The number of Topliss-reactive ketones (excluding diaryl/α,β-unsaturated/α-hetero) is 1. The molecule has 0 amide bonds. The molecule has 1 heterocycles. The van der Waals surface area contributed by atoms with Crippen LogP contribution in [0.4, 0.5) is 0 Å². The van der Waals surface area contributed by atoms with Gasteiger partial charge in [0.05, 0.1) is 6.04 Å². The third-order valence-corrected chi connectivity index (χ3v) is 4.46. The van der Waals surface area contributed by atoms with Gasteiger partial charge in [-0.15, -0.1) is 0 Å². The number of ether oxygens (including phenoxy) is 1. The summed E-state index contributed by atoms with van der Waals surface area (Å²) in [6.45, 7) is 2.94. The number of rotatable bonds is 6. The van der Waals surface area contributed by atoms with Crippen molar-refractivity contribution in [3.63, 3.8) is 0 Å². The van der Waals surface area contributed by atoms with Gasteiger partial charge in [-0.1, -0.05) is 60.7 Å². The molecule has 0 aliphatic carbocycles. The Kier molecular flexibility index (Phi) is 5.61. The van der Waals surface area contributed by atoms with Gasteiger partial charge in [-0.25, -0.2) is 0 Å². The van der Waals surface area contributed by atoms with Crippen molar-refractivity contribution in [2.75, 3.05) is 13.1 Å². The molecule has 130 valence electrons. The first-order valence-electron chi connectivity index (χ1n) is 8.66. The van der Waals surface area contributed by atoms with E-state index in [9.17, 15) is 9.59 Å². The number of esters is 1. The molecule has 0 bridgehead atoms. The lowest BCUT2D eigenvalue weighted by atomic mass is 9.97. The van der Waals surface area contributed by atoms with E-state index in [0.717, 1.165) is 13.0 Å². The fourth-order valence-electron chi connectivity index (χ4n) is 3.40. The predicted octanol–water partition coefficient (Wildman–Crippen LogP) is 3.37. The topological polar surface area (TPSA) is 46.6 Å². The van der Waals surface area contributed by atoms with Crippen molar-refractivity contribution in [2.45, 2.75) is 31.9 Å². The summed E-state index contributed by atoms with van der Waals surface area (Å²) in [6.07, 6.45) is 0.499. The molecule has 25 heavy (non-hydrogen) atoms. The van der Waals surface area contributed by atoms with Crippen LogP contribution < -0.4 is 0 Å². The van der Waals surface area contributed by atoms with Crippen molar-refractivity contribution >= 4 is 11.8 Å². The van der Waals surface area contributed by atoms with E-state index < -0.39 is 5.97 Å². The Morgan fingerprint density at radius 3 is 2.12 bits per heavy atom.